The van der Waals surface area contributed by atoms with Gasteiger partial charge in [0, 0.05) is 8.96 Å². The third-order valence-electron chi connectivity index (χ3n) is 3.01. The molecule has 0 saturated carbocycles. The molecule has 3 nitrogen and oxygen atoms in total. The van der Waals surface area contributed by atoms with Gasteiger partial charge in [-0.1, -0.05) is 30.3 Å². The van der Waals surface area contributed by atoms with Gasteiger partial charge in [-0.15, -0.1) is 0 Å². The van der Waals surface area contributed by atoms with Gasteiger partial charge in [-0.25, -0.2) is 4.68 Å². The van der Waals surface area contributed by atoms with Crippen LogP contribution in [0.15, 0.2) is 59.5 Å². The van der Waals surface area contributed by atoms with Gasteiger partial charge < -0.3 is 0 Å². The van der Waals surface area contributed by atoms with E-state index in [0.29, 0.717) is 11.9 Å². The maximum Gasteiger partial charge on any atom is 0.274 e. The van der Waals surface area contributed by atoms with E-state index in [-0.39, 0.29) is 5.56 Å². The molecule has 0 fully saturated rings. The van der Waals surface area contributed by atoms with Crippen LogP contribution in [-0.2, 0) is 6.54 Å². The minimum atomic E-state index is -0.0448. The molecule has 3 aromatic rings. The summed E-state index contributed by atoms with van der Waals surface area (Å²) in [5, 5.41) is 5.82. The molecule has 0 saturated heterocycles. The smallest absolute Gasteiger partial charge is 0.267 e. The predicted octanol–water partition coefficient (Wildman–Crippen LogP) is 3.05. The minimum absolute atomic E-state index is 0.0448. The van der Waals surface area contributed by atoms with Gasteiger partial charge in [0.1, 0.15) is 0 Å². The first kappa shape index (κ1) is 12.3. The third kappa shape index (κ3) is 2.53. The lowest BCUT2D eigenvalue weighted by atomic mass is 10.2. The summed E-state index contributed by atoms with van der Waals surface area (Å²) in [6.07, 6.45) is 1.74. The van der Waals surface area contributed by atoms with Crippen molar-refractivity contribution in [2.45, 2.75) is 6.54 Å². The highest BCUT2D eigenvalue weighted by Gasteiger charge is 2.04. The molecule has 0 N–H and O–H groups in total. The van der Waals surface area contributed by atoms with Gasteiger partial charge in [0.2, 0.25) is 0 Å². The van der Waals surface area contributed by atoms with Crippen molar-refractivity contribution in [3.63, 3.8) is 0 Å². The lowest BCUT2D eigenvalue weighted by molar-refractivity contribution is 0.647. The standard InChI is InChI=1S/C15H11IN2O/c16-13-7-5-11(6-8-13)10-18-15(19)14-4-2-1-3-12(14)9-17-18/h1-9H,10H2. The Hall–Kier alpha value is -1.69. The van der Waals surface area contributed by atoms with Gasteiger partial charge in [-0.3, -0.25) is 4.79 Å². The van der Waals surface area contributed by atoms with E-state index < -0.39 is 0 Å². The molecule has 4 heteroatoms. The van der Waals surface area contributed by atoms with Crippen LogP contribution in [-0.4, -0.2) is 9.78 Å². The molecule has 19 heavy (non-hydrogen) atoms. The van der Waals surface area contributed by atoms with E-state index in [9.17, 15) is 4.79 Å². The van der Waals surface area contributed by atoms with Crippen LogP contribution in [0, 0.1) is 3.57 Å². The van der Waals surface area contributed by atoms with E-state index >= 15 is 0 Å². The summed E-state index contributed by atoms with van der Waals surface area (Å²) < 4.78 is 2.69. The molecule has 0 bridgehead atoms. The van der Waals surface area contributed by atoms with Crippen LogP contribution in [0.1, 0.15) is 5.56 Å². The van der Waals surface area contributed by atoms with Crippen LogP contribution in [0.4, 0.5) is 0 Å². The van der Waals surface area contributed by atoms with Crippen molar-refractivity contribution in [3.8, 4) is 0 Å². The van der Waals surface area contributed by atoms with Crippen LogP contribution in [0.2, 0.25) is 0 Å². The number of aromatic nitrogens is 2. The Morgan fingerprint density at radius 3 is 2.58 bits per heavy atom. The van der Waals surface area contributed by atoms with Crippen LogP contribution >= 0.6 is 22.6 Å². The Morgan fingerprint density at radius 2 is 1.79 bits per heavy atom. The highest BCUT2D eigenvalue weighted by Crippen LogP contribution is 2.09. The largest absolute Gasteiger partial charge is 0.274 e. The highest BCUT2D eigenvalue weighted by molar-refractivity contribution is 14.1. The molecular weight excluding hydrogens is 351 g/mol. The van der Waals surface area contributed by atoms with Crippen molar-refractivity contribution in [3.05, 3.63) is 74.2 Å². The fourth-order valence-corrected chi connectivity index (χ4v) is 2.36. The zero-order valence-corrected chi connectivity index (χ0v) is 12.2. The van der Waals surface area contributed by atoms with Gasteiger partial charge in [0.15, 0.2) is 0 Å². The van der Waals surface area contributed by atoms with Gasteiger partial charge in [0.05, 0.1) is 18.1 Å². The third-order valence-corrected chi connectivity index (χ3v) is 3.73. The molecule has 0 unspecified atom stereocenters. The zero-order chi connectivity index (χ0) is 13.2. The van der Waals surface area contributed by atoms with E-state index in [1.54, 1.807) is 6.20 Å². The maximum atomic E-state index is 12.3. The Labute approximate surface area is 124 Å². The Balaban J connectivity index is 2.04. The first-order valence-electron chi connectivity index (χ1n) is 5.93. The lowest BCUT2D eigenvalue weighted by Gasteiger charge is -2.06. The number of halogens is 1. The number of rotatable bonds is 2. The van der Waals surface area contributed by atoms with Crippen LogP contribution in [0.25, 0.3) is 10.8 Å². The monoisotopic (exact) mass is 362 g/mol. The van der Waals surface area contributed by atoms with Gasteiger partial charge in [0.25, 0.3) is 5.56 Å². The van der Waals surface area contributed by atoms with Gasteiger partial charge in [-0.05, 0) is 46.4 Å². The van der Waals surface area contributed by atoms with E-state index in [1.807, 2.05) is 48.5 Å². The SMILES string of the molecule is O=c1c2ccccc2cnn1Cc1ccc(I)cc1. The Morgan fingerprint density at radius 1 is 1.05 bits per heavy atom. The Bertz CT molecular complexity index is 778. The molecule has 0 aliphatic carbocycles. The van der Waals surface area contributed by atoms with E-state index in [4.69, 9.17) is 0 Å². The normalized spacial score (nSPS) is 10.8. The minimum Gasteiger partial charge on any atom is -0.267 e. The molecule has 0 spiro atoms. The topological polar surface area (TPSA) is 34.9 Å². The number of fused-ring (bicyclic) bond motifs is 1. The Kier molecular flexibility index (Phi) is 3.33. The molecule has 94 valence electrons. The van der Waals surface area contributed by atoms with Crippen molar-refractivity contribution in [1.82, 2.24) is 9.78 Å². The van der Waals surface area contributed by atoms with E-state index in [0.717, 1.165) is 10.9 Å². The summed E-state index contributed by atoms with van der Waals surface area (Å²) in [4.78, 5) is 12.3. The van der Waals surface area contributed by atoms with E-state index in [1.165, 1.54) is 8.25 Å². The summed E-state index contributed by atoms with van der Waals surface area (Å²) in [5.74, 6) is 0. The van der Waals surface area contributed by atoms with Crippen molar-refractivity contribution in [2.75, 3.05) is 0 Å². The van der Waals surface area contributed by atoms with Crippen LogP contribution < -0.4 is 5.56 Å². The molecule has 0 atom stereocenters. The summed E-state index contributed by atoms with van der Waals surface area (Å²) in [7, 11) is 0. The van der Waals surface area contributed by atoms with Crippen molar-refractivity contribution in [1.29, 1.82) is 0 Å². The van der Waals surface area contributed by atoms with Crippen molar-refractivity contribution in [2.24, 2.45) is 0 Å². The molecular formula is C15H11IN2O. The number of benzene rings is 2. The fourth-order valence-electron chi connectivity index (χ4n) is 2.00. The fraction of sp³-hybridized carbons (Fsp3) is 0.0667. The van der Waals surface area contributed by atoms with Gasteiger partial charge in [-0.2, -0.15) is 5.10 Å². The molecule has 1 aromatic heterocycles. The van der Waals surface area contributed by atoms with E-state index in [2.05, 4.69) is 27.7 Å². The van der Waals surface area contributed by atoms with Crippen LogP contribution in [0.5, 0.6) is 0 Å². The second-order valence-corrected chi connectivity index (χ2v) is 5.57. The molecule has 2 aromatic carbocycles. The number of nitrogens with zero attached hydrogens (tertiary/aromatic N) is 2. The average Bonchev–Trinajstić information content (AvgIpc) is 2.45. The molecule has 0 amide bonds. The first-order valence-corrected chi connectivity index (χ1v) is 7.01. The van der Waals surface area contributed by atoms with Crippen LogP contribution in [0.3, 0.4) is 0 Å². The predicted molar refractivity (Wildman–Crippen MR) is 84.3 cm³/mol. The summed E-state index contributed by atoms with van der Waals surface area (Å²) in [6.45, 7) is 0.501. The second-order valence-electron chi connectivity index (χ2n) is 4.32. The molecule has 0 radical (unpaired) electrons. The first-order chi connectivity index (χ1) is 9.24. The van der Waals surface area contributed by atoms with Crippen molar-refractivity contribution >= 4 is 33.4 Å². The quantitative estimate of drug-likeness (QED) is 0.657. The summed E-state index contributed by atoms with van der Waals surface area (Å²) >= 11 is 2.26. The summed E-state index contributed by atoms with van der Waals surface area (Å²) in [5.41, 5.74) is 1.03. The maximum absolute atomic E-state index is 12.3. The zero-order valence-electron chi connectivity index (χ0n) is 10.1. The lowest BCUT2D eigenvalue weighted by Crippen LogP contribution is -2.23. The number of hydrogen-bond donors (Lipinski definition) is 0. The summed E-state index contributed by atoms with van der Waals surface area (Å²) in [6, 6.07) is 15.6. The number of hydrogen-bond acceptors (Lipinski definition) is 2. The average molecular weight is 362 g/mol. The second kappa shape index (κ2) is 5.13. The molecule has 3 rings (SSSR count). The molecule has 1 heterocycles. The highest BCUT2D eigenvalue weighted by atomic mass is 127. The molecule has 0 aliphatic heterocycles. The molecule has 0 aliphatic rings. The van der Waals surface area contributed by atoms with Gasteiger partial charge >= 0.3 is 0 Å². The van der Waals surface area contributed by atoms with Crippen molar-refractivity contribution < 1.29 is 0 Å².